The molecule has 1 aromatic rings. The maximum absolute atomic E-state index is 12.4. The highest BCUT2D eigenvalue weighted by atomic mass is 35.5. The average Bonchev–Trinajstić information content (AvgIpc) is 2.60. The lowest BCUT2D eigenvalue weighted by Gasteiger charge is -2.20. The molecule has 1 fully saturated rings. The fourth-order valence-electron chi connectivity index (χ4n) is 2.16. The van der Waals surface area contributed by atoms with Crippen LogP contribution in [0.4, 0.5) is 5.69 Å². The van der Waals surface area contributed by atoms with Crippen molar-refractivity contribution >= 4 is 29.1 Å². The molecule has 0 radical (unpaired) electrons. The lowest BCUT2D eigenvalue weighted by atomic mass is 10.1. The average molecular weight is 312 g/mol. The molecule has 112 valence electrons. The molecule has 1 aromatic carbocycles. The van der Waals surface area contributed by atoms with Crippen molar-refractivity contribution in [2.45, 2.75) is 6.42 Å². The van der Waals surface area contributed by atoms with E-state index in [-0.39, 0.29) is 28.7 Å². The molecule has 0 aliphatic carbocycles. The Morgan fingerprint density at radius 2 is 2.10 bits per heavy atom. The monoisotopic (exact) mass is 311 g/mol. The predicted octanol–water partition coefficient (Wildman–Crippen LogP) is 1.55. The molecule has 0 unspecified atom stereocenters. The lowest BCUT2D eigenvalue weighted by Crippen LogP contribution is -2.38. The number of halogens is 1. The Labute approximate surface area is 126 Å². The van der Waals surface area contributed by atoms with Crippen LogP contribution in [0.15, 0.2) is 18.2 Å². The zero-order valence-corrected chi connectivity index (χ0v) is 12.2. The highest BCUT2D eigenvalue weighted by Crippen LogP contribution is 2.28. The summed E-state index contributed by atoms with van der Waals surface area (Å²) in [4.78, 5) is 37.4. The van der Waals surface area contributed by atoms with Gasteiger partial charge < -0.3 is 9.80 Å². The van der Waals surface area contributed by atoms with Crippen molar-refractivity contribution in [1.29, 1.82) is 0 Å². The Hall–Kier alpha value is -2.15. The number of amides is 2. The Bertz CT molecular complexity index is 605. The van der Waals surface area contributed by atoms with Gasteiger partial charge >= 0.3 is 0 Å². The fourth-order valence-corrected chi connectivity index (χ4v) is 2.43. The highest BCUT2D eigenvalue weighted by molar-refractivity contribution is 6.35. The number of benzene rings is 1. The van der Waals surface area contributed by atoms with Crippen molar-refractivity contribution in [3.8, 4) is 0 Å². The first kappa shape index (κ1) is 15.2. The highest BCUT2D eigenvalue weighted by Gasteiger charge is 2.27. The maximum atomic E-state index is 12.4. The molecule has 0 aromatic heterocycles. The van der Waals surface area contributed by atoms with Crippen LogP contribution in [0.3, 0.4) is 0 Å². The van der Waals surface area contributed by atoms with Gasteiger partial charge in [-0.1, -0.05) is 17.7 Å². The third-order valence-corrected chi connectivity index (χ3v) is 3.76. The third kappa shape index (κ3) is 3.13. The fraction of sp³-hybridized carbons (Fsp3) is 0.385. The van der Waals surface area contributed by atoms with E-state index in [0.29, 0.717) is 19.5 Å². The molecule has 1 saturated heterocycles. The van der Waals surface area contributed by atoms with Gasteiger partial charge in [-0.05, 0) is 12.5 Å². The topological polar surface area (TPSA) is 83.8 Å². The van der Waals surface area contributed by atoms with Crippen LogP contribution in [0.25, 0.3) is 0 Å². The summed E-state index contributed by atoms with van der Waals surface area (Å²) in [5, 5.41) is 10.7. The largest absolute Gasteiger partial charge is 0.344 e. The minimum absolute atomic E-state index is 0.0446. The first-order valence-corrected chi connectivity index (χ1v) is 6.75. The van der Waals surface area contributed by atoms with Gasteiger partial charge in [-0.3, -0.25) is 19.7 Å². The first-order chi connectivity index (χ1) is 9.91. The third-order valence-electron chi connectivity index (χ3n) is 3.37. The normalized spacial score (nSPS) is 15.8. The van der Waals surface area contributed by atoms with Crippen LogP contribution in [0.5, 0.6) is 0 Å². The zero-order valence-electron chi connectivity index (χ0n) is 11.4. The lowest BCUT2D eigenvalue weighted by molar-refractivity contribution is -0.384. The van der Waals surface area contributed by atoms with Crippen LogP contribution in [-0.2, 0) is 4.79 Å². The van der Waals surface area contributed by atoms with Crippen LogP contribution < -0.4 is 0 Å². The quantitative estimate of drug-likeness (QED) is 0.613. The van der Waals surface area contributed by atoms with E-state index in [9.17, 15) is 19.7 Å². The number of hydrogen-bond acceptors (Lipinski definition) is 4. The van der Waals surface area contributed by atoms with Gasteiger partial charge in [0.15, 0.2) is 0 Å². The number of hydrogen-bond donors (Lipinski definition) is 0. The van der Waals surface area contributed by atoms with Gasteiger partial charge in [0.2, 0.25) is 5.91 Å². The molecule has 1 aliphatic rings. The van der Waals surface area contributed by atoms with Gasteiger partial charge in [0.1, 0.15) is 11.6 Å². The summed E-state index contributed by atoms with van der Waals surface area (Å²) in [6.07, 6.45) is 0.653. The smallest absolute Gasteiger partial charge is 0.288 e. The molecule has 1 aliphatic heterocycles. The summed E-state index contributed by atoms with van der Waals surface area (Å²) in [6.45, 7) is 0.938. The van der Waals surface area contributed by atoms with E-state index in [4.69, 9.17) is 11.6 Å². The molecule has 2 rings (SSSR count). The molecule has 0 N–H and O–H groups in total. The van der Waals surface area contributed by atoms with Gasteiger partial charge in [-0.25, -0.2) is 0 Å². The molecule has 0 bridgehead atoms. The zero-order chi connectivity index (χ0) is 15.6. The summed E-state index contributed by atoms with van der Waals surface area (Å²) >= 11 is 5.94. The van der Waals surface area contributed by atoms with Crippen molar-refractivity contribution in [1.82, 2.24) is 9.80 Å². The summed E-state index contributed by atoms with van der Waals surface area (Å²) in [6, 6.07) is 4.07. The number of likely N-dealkylation sites (N-methyl/N-ethyl adjacent to an activating group) is 1. The van der Waals surface area contributed by atoms with E-state index in [2.05, 4.69) is 0 Å². The Morgan fingerprint density at radius 1 is 1.38 bits per heavy atom. The van der Waals surface area contributed by atoms with Crippen LogP contribution in [0.2, 0.25) is 5.02 Å². The van der Waals surface area contributed by atoms with Gasteiger partial charge in [-0.15, -0.1) is 0 Å². The van der Waals surface area contributed by atoms with Crippen LogP contribution in [0, 0.1) is 10.1 Å². The van der Waals surface area contributed by atoms with Crippen LogP contribution in [-0.4, -0.2) is 53.2 Å². The van der Waals surface area contributed by atoms with E-state index in [1.54, 1.807) is 11.9 Å². The second kappa shape index (κ2) is 6.09. The van der Waals surface area contributed by atoms with Gasteiger partial charge in [-0.2, -0.15) is 0 Å². The van der Waals surface area contributed by atoms with Crippen molar-refractivity contribution in [2.24, 2.45) is 0 Å². The second-order valence-corrected chi connectivity index (χ2v) is 5.17. The van der Waals surface area contributed by atoms with Gasteiger partial charge in [0.25, 0.3) is 11.6 Å². The number of carbonyl (C=O) groups is 2. The van der Waals surface area contributed by atoms with Crippen LogP contribution >= 0.6 is 11.6 Å². The summed E-state index contributed by atoms with van der Waals surface area (Å²) < 4.78 is 0. The molecule has 2 amide bonds. The van der Waals surface area contributed by atoms with E-state index in [0.717, 1.165) is 0 Å². The van der Waals surface area contributed by atoms with Crippen molar-refractivity contribution in [2.75, 3.05) is 26.7 Å². The van der Waals surface area contributed by atoms with Crippen molar-refractivity contribution in [3.63, 3.8) is 0 Å². The van der Waals surface area contributed by atoms with E-state index >= 15 is 0 Å². The molecule has 1 heterocycles. The molecular formula is C13H14ClN3O4. The molecule has 0 spiro atoms. The Morgan fingerprint density at radius 3 is 2.76 bits per heavy atom. The minimum atomic E-state index is -0.638. The summed E-state index contributed by atoms with van der Waals surface area (Å²) in [5.74, 6) is -0.630. The van der Waals surface area contributed by atoms with E-state index < -0.39 is 10.8 Å². The number of rotatable bonds is 2. The first-order valence-electron chi connectivity index (χ1n) is 6.38. The standard InChI is InChI=1S/C13H14ClN3O4/c1-15-6-3-7-16(8-11(15)18)13(19)9-4-2-5-10(12(9)14)17(20)21/h2,4-5H,3,6-8H2,1H3. The molecule has 21 heavy (non-hydrogen) atoms. The number of nitro groups is 1. The Balaban J connectivity index is 2.30. The molecule has 7 nitrogen and oxygen atoms in total. The second-order valence-electron chi connectivity index (χ2n) is 4.79. The molecule has 8 heteroatoms. The maximum Gasteiger partial charge on any atom is 0.288 e. The van der Waals surface area contributed by atoms with Gasteiger partial charge in [0.05, 0.1) is 10.5 Å². The van der Waals surface area contributed by atoms with Gasteiger partial charge in [0, 0.05) is 26.2 Å². The minimum Gasteiger partial charge on any atom is -0.344 e. The number of nitro benzene ring substituents is 1. The number of nitrogens with zero attached hydrogens (tertiary/aromatic N) is 3. The number of carbonyl (C=O) groups excluding carboxylic acids is 2. The van der Waals surface area contributed by atoms with E-state index in [1.165, 1.54) is 23.1 Å². The molecule has 0 atom stereocenters. The van der Waals surface area contributed by atoms with Crippen molar-refractivity contribution in [3.05, 3.63) is 38.9 Å². The van der Waals surface area contributed by atoms with Crippen LogP contribution in [0.1, 0.15) is 16.8 Å². The molecular weight excluding hydrogens is 298 g/mol. The summed E-state index contributed by atoms with van der Waals surface area (Å²) in [7, 11) is 1.68. The summed E-state index contributed by atoms with van der Waals surface area (Å²) in [5.41, 5.74) is -0.274. The predicted molar refractivity (Wildman–Crippen MR) is 76.3 cm³/mol. The van der Waals surface area contributed by atoms with E-state index in [1.807, 2.05) is 0 Å². The SMILES string of the molecule is CN1CCCN(C(=O)c2cccc([N+](=O)[O-])c2Cl)CC1=O. The van der Waals surface area contributed by atoms with Crippen molar-refractivity contribution < 1.29 is 14.5 Å². The molecule has 0 saturated carbocycles. The Kier molecular flexibility index (Phi) is 4.42.